The quantitative estimate of drug-likeness (QED) is 0.423. The number of anilines is 1. The molecule has 6 nitrogen and oxygen atoms in total. The van der Waals surface area contributed by atoms with Crippen LogP contribution < -0.4 is 9.80 Å². The highest BCUT2D eigenvalue weighted by atomic mass is 16.5. The third-order valence-electron chi connectivity index (χ3n) is 6.10. The molecule has 1 fully saturated rings. The predicted octanol–water partition coefficient (Wildman–Crippen LogP) is 1.90. The Hall–Kier alpha value is -2.83. The zero-order valence-electron chi connectivity index (χ0n) is 18.0. The van der Waals surface area contributed by atoms with Gasteiger partial charge in [0, 0.05) is 24.7 Å². The molecule has 0 saturated carbocycles. The number of rotatable bonds is 7. The van der Waals surface area contributed by atoms with E-state index in [-0.39, 0.29) is 11.8 Å². The van der Waals surface area contributed by atoms with Crippen molar-refractivity contribution in [2.75, 3.05) is 44.3 Å². The van der Waals surface area contributed by atoms with Crippen LogP contribution in [0.1, 0.15) is 40.7 Å². The minimum absolute atomic E-state index is 0.229. The number of hydrogen-bond acceptors (Lipinski definition) is 4. The largest absolute Gasteiger partial charge is 0.370 e. The normalized spacial score (nSPS) is 19.8. The highest BCUT2D eigenvalue weighted by Crippen LogP contribution is 2.33. The molecule has 0 aromatic heterocycles. The van der Waals surface area contributed by atoms with Crippen molar-refractivity contribution in [3.8, 4) is 0 Å². The Morgan fingerprint density at radius 2 is 1.84 bits per heavy atom. The number of fused-ring (bicyclic) bond motifs is 1. The summed E-state index contributed by atoms with van der Waals surface area (Å²) in [5.41, 5.74) is 2.96. The number of nitrogens with one attached hydrogen (secondary N) is 1. The van der Waals surface area contributed by atoms with E-state index in [1.54, 1.807) is 17.2 Å². The van der Waals surface area contributed by atoms with Gasteiger partial charge < -0.3 is 9.64 Å². The Kier molecular flexibility index (Phi) is 6.89. The lowest BCUT2D eigenvalue weighted by Gasteiger charge is -2.32. The number of aryl methyl sites for hydroxylation is 1. The second kappa shape index (κ2) is 9.98. The molecule has 0 aliphatic carbocycles. The van der Waals surface area contributed by atoms with Crippen molar-refractivity contribution in [2.24, 2.45) is 4.99 Å². The molecule has 1 saturated heterocycles. The average Bonchev–Trinajstić information content (AvgIpc) is 2.82. The Labute approximate surface area is 183 Å². The number of benzene rings is 2. The zero-order valence-corrected chi connectivity index (χ0v) is 18.0. The molecule has 4 rings (SSSR count). The van der Waals surface area contributed by atoms with Crippen molar-refractivity contribution < 1.29 is 19.2 Å². The Bertz CT molecular complexity index is 966. The fourth-order valence-corrected chi connectivity index (χ4v) is 4.37. The summed E-state index contributed by atoms with van der Waals surface area (Å²) in [7, 11) is 0. The maximum absolute atomic E-state index is 13.5. The molecule has 0 radical (unpaired) electrons. The van der Waals surface area contributed by atoms with Crippen LogP contribution in [-0.2, 0) is 16.0 Å². The van der Waals surface area contributed by atoms with Gasteiger partial charge in [-0.05, 0) is 29.7 Å². The topological polar surface area (TPSA) is 63.4 Å². The van der Waals surface area contributed by atoms with Gasteiger partial charge in [0.05, 0.1) is 31.4 Å². The minimum atomic E-state index is -0.547. The first-order valence-electron chi connectivity index (χ1n) is 11.2. The van der Waals surface area contributed by atoms with E-state index in [9.17, 15) is 9.59 Å². The lowest BCUT2D eigenvalue weighted by atomic mass is 9.88. The predicted molar refractivity (Wildman–Crippen MR) is 121 cm³/mol. The number of para-hydroxylation sites is 1. The third kappa shape index (κ3) is 4.60. The molecule has 2 aromatic rings. The smallest absolute Gasteiger partial charge is 0.265 e. The monoisotopic (exact) mass is 420 g/mol. The Balaban J connectivity index is 1.54. The number of quaternary nitrogens is 1. The molecule has 1 atom stereocenters. The van der Waals surface area contributed by atoms with Crippen LogP contribution in [-0.4, -0.2) is 57.4 Å². The number of carbonyl (C=O) groups excluding carboxylic acids is 2. The summed E-state index contributed by atoms with van der Waals surface area (Å²) in [5.74, 6) is -1.04. The van der Waals surface area contributed by atoms with Crippen molar-refractivity contribution in [2.45, 2.75) is 25.7 Å². The van der Waals surface area contributed by atoms with Crippen LogP contribution in [0.3, 0.4) is 0 Å². The molecule has 0 spiro atoms. The van der Waals surface area contributed by atoms with Crippen molar-refractivity contribution in [1.82, 2.24) is 0 Å². The van der Waals surface area contributed by atoms with E-state index in [1.165, 1.54) is 4.90 Å². The number of imide groups is 1. The Morgan fingerprint density at radius 1 is 1.10 bits per heavy atom. The first-order chi connectivity index (χ1) is 15.2. The summed E-state index contributed by atoms with van der Waals surface area (Å²) >= 11 is 0. The zero-order chi connectivity index (χ0) is 21.6. The number of morpholine rings is 1. The highest BCUT2D eigenvalue weighted by Gasteiger charge is 2.39. The summed E-state index contributed by atoms with van der Waals surface area (Å²) in [4.78, 5) is 34.2. The first kappa shape index (κ1) is 21.4. The molecule has 1 N–H and O–H groups in total. The number of nitrogens with zero attached hydrogens (tertiary/aromatic N) is 2. The van der Waals surface area contributed by atoms with Gasteiger partial charge in [0.25, 0.3) is 5.91 Å². The van der Waals surface area contributed by atoms with E-state index < -0.39 is 5.92 Å². The standard InChI is InChI=1S/C25H29N3O3/c1-2-19-8-3-6-11-23(19)28-24(29)21-10-5-4-9-20(21)22(25(28)30)18-26-12-7-13-27-14-16-31-17-15-27/h3-6,8-11,18,22H,2,7,12-17H2,1H3/p+1/t22-/m1/s1. The number of carbonyl (C=O) groups is 2. The second-order valence-electron chi connectivity index (χ2n) is 8.05. The summed E-state index contributed by atoms with van der Waals surface area (Å²) < 4.78 is 5.40. The molecule has 0 bridgehead atoms. The lowest BCUT2D eigenvalue weighted by Crippen LogP contribution is -3.14. The third-order valence-corrected chi connectivity index (χ3v) is 6.10. The summed E-state index contributed by atoms with van der Waals surface area (Å²) in [6.45, 7) is 7.52. The summed E-state index contributed by atoms with van der Waals surface area (Å²) in [5, 5.41) is 0. The number of aliphatic imine (C=N–C) groups is 1. The SMILES string of the molecule is CCc1ccccc1N1C(=O)c2ccccc2[C@@H](C=NCCC[NH+]2CCOCC2)C1=O. The summed E-state index contributed by atoms with van der Waals surface area (Å²) in [6.07, 6.45) is 3.46. The van der Waals surface area contributed by atoms with E-state index in [0.29, 0.717) is 17.8 Å². The molecule has 162 valence electrons. The number of amides is 2. The van der Waals surface area contributed by atoms with Crippen molar-refractivity contribution in [3.05, 3.63) is 65.2 Å². The van der Waals surface area contributed by atoms with Crippen LogP contribution >= 0.6 is 0 Å². The molecule has 2 amide bonds. The van der Waals surface area contributed by atoms with Gasteiger partial charge in [0.15, 0.2) is 0 Å². The number of ether oxygens (including phenoxy) is 1. The van der Waals surface area contributed by atoms with Gasteiger partial charge >= 0.3 is 0 Å². The van der Waals surface area contributed by atoms with Crippen molar-refractivity contribution in [1.29, 1.82) is 0 Å². The second-order valence-corrected chi connectivity index (χ2v) is 8.05. The van der Waals surface area contributed by atoms with E-state index in [0.717, 1.165) is 56.8 Å². The molecule has 2 aliphatic rings. The van der Waals surface area contributed by atoms with Crippen molar-refractivity contribution in [3.63, 3.8) is 0 Å². The highest BCUT2D eigenvalue weighted by molar-refractivity contribution is 6.29. The van der Waals surface area contributed by atoms with E-state index in [1.807, 2.05) is 49.4 Å². The maximum atomic E-state index is 13.5. The van der Waals surface area contributed by atoms with Crippen LogP contribution in [0.2, 0.25) is 0 Å². The van der Waals surface area contributed by atoms with Crippen LogP contribution in [0.15, 0.2) is 53.5 Å². The lowest BCUT2D eigenvalue weighted by molar-refractivity contribution is -0.908. The van der Waals surface area contributed by atoms with Gasteiger partial charge in [0.2, 0.25) is 5.91 Å². The van der Waals surface area contributed by atoms with Crippen molar-refractivity contribution >= 4 is 23.7 Å². The van der Waals surface area contributed by atoms with E-state index >= 15 is 0 Å². The molecule has 0 unspecified atom stereocenters. The van der Waals surface area contributed by atoms with Crippen LogP contribution in [0, 0.1) is 0 Å². The summed E-state index contributed by atoms with van der Waals surface area (Å²) in [6, 6.07) is 15.0. The Morgan fingerprint density at radius 3 is 2.65 bits per heavy atom. The maximum Gasteiger partial charge on any atom is 0.265 e. The van der Waals surface area contributed by atoms with E-state index in [2.05, 4.69) is 4.99 Å². The molecular formula is C25H30N3O3+. The van der Waals surface area contributed by atoms with Gasteiger partial charge in [0.1, 0.15) is 13.1 Å². The first-order valence-corrected chi connectivity index (χ1v) is 11.2. The molecule has 31 heavy (non-hydrogen) atoms. The van der Waals surface area contributed by atoms with Gasteiger partial charge in [-0.1, -0.05) is 43.3 Å². The molecule has 2 aromatic carbocycles. The fourth-order valence-electron chi connectivity index (χ4n) is 4.37. The van der Waals surface area contributed by atoms with Crippen LogP contribution in [0.5, 0.6) is 0 Å². The molecule has 6 heteroatoms. The molecule has 2 heterocycles. The van der Waals surface area contributed by atoms with Gasteiger partial charge in [-0.2, -0.15) is 0 Å². The molecular weight excluding hydrogens is 390 g/mol. The fraction of sp³-hybridized carbons (Fsp3) is 0.400. The average molecular weight is 421 g/mol. The van der Waals surface area contributed by atoms with Gasteiger partial charge in [-0.15, -0.1) is 0 Å². The van der Waals surface area contributed by atoms with Crippen LogP contribution in [0.4, 0.5) is 5.69 Å². The molecule has 2 aliphatic heterocycles. The minimum Gasteiger partial charge on any atom is -0.370 e. The van der Waals surface area contributed by atoms with Crippen LogP contribution in [0.25, 0.3) is 0 Å². The number of hydrogen-bond donors (Lipinski definition) is 1. The van der Waals surface area contributed by atoms with Gasteiger partial charge in [-0.25, -0.2) is 4.90 Å². The van der Waals surface area contributed by atoms with Gasteiger partial charge in [-0.3, -0.25) is 14.6 Å². The van der Waals surface area contributed by atoms with E-state index in [4.69, 9.17) is 4.74 Å².